The number of para-hydroxylation sites is 1. The van der Waals surface area contributed by atoms with Gasteiger partial charge in [-0.05, 0) is 24.6 Å². The van der Waals surface area contributed by atoms with Gasteiger partial charge in [-0.15, -0.1) is 0 Å². The van der Waals surface area contributed by atoms with Crippen LogP contribution >= 0.6 is 0 Å². The van der Waals surface area contributed by atoms with E-state index in [1.165, 1.54) is 0 Å². The molecule has 2 rings (SSSR count). The van der Waals surface area contributed by atoms with Crippen LogP contribution in [0.3, 0.4) is 0 Å². The molecule has 0 saturated heterocycles. The molecular weight excluding hydrogens is 185 g/mol. The summed E-state index contributed by atoms with van der Waals surface area (Å²) in [6.07, 6.45) is 0. The number of aromatic nitrogens is 1. The predicted molar refractivity (Wildman–Crippen MR) is 63.8 cm³/mol. The predicted octanol–water partition coefficient (Wildman–Crippen LogP) is 2.17. The quantitative estimate of drug-likeness (QED) is 0.690. The summed E-state index contributed by atoms with van der Waals surface area (Å²) in [6.45, 7) is 3.87. The third-order valence-corrected chi connectivity index (χ3v) is 2.53. The van der Waals surface area contributed by atoms with Crippen LogP contribution in [0.15, 0.2) is 30.3 Å². The van der Waals surface area contributed by atoms with E-state index < -0.39 is 0 Å². The Morgan fingerprint density at radius 1 is 1.33 bits per heavy atom. The average Bonchev–Trinajstić information content (AvgIpc) is 2.28. The molecule has 0 unspecified atom stereocenters. The van der Waals surface area contributed by atoms with E-state index in [4.69, 9.17) is 0 Å². The molecule has 0 saturated carbocycles. The summed E-state index contributed by atoms with van der Waals surface area (Å²) in [5.41, 5.74) is 2.68. The van der Waals surface area contributed by atoms with Gasteiger partial charge < -0.3 is 4.79 Å². The van der Waals surface area contributed by atoms with Crippen molar-refractivity contribution in [1.29, 1.82) is 0 Å². The maximum absolute atomic E-state index is 11.5. The van der Waals surface area contributed by atoms with Gasteiger partial charge in [0.05, 0.1) is 11.2 Å². The van der Waals surface area contributed by atoms with Gasteiger partial charge in [-0.3, -0.25) is 0 Å². The van der Waals surface area contributed by atoms with Gasteiger partial charge >= 0.3 is 0 Å². The summed E-state index contributed by atoms with van der Waals surface area (Å²) in [5, 5.41) is 1.12. The summed E-state index contributed by atoms with van der Waals surface area (Å²) < 4.78 is 0. The Kier molecular flexibility index (Phi) is 2.54. The highest BCUT2D eigenvalue weighted by Crippen LogP contribution is 2.17. The van der Waals surface area contributed by atoms with Gasteiger partial charge in [0.25, 0.3) is 0 Å². The zero-order chi connectivity index (χ0) is 10.8. The van der Waals surface area contributed by atoms with Crippen molar-refractivity contribution in [3.05, 3.63) is 41.6 Å². The fourth-order valence-corrected chi connectivity index (χ4v) is 1.67. The van der Waals surface area contributed by atoms with Gasteiger partial charge in [0, 0.05) is 5.39 Å². The molecule has 1 heterocycles. The summed E-state index contributed by atoms with van der Waals surface area (Å²) in [5.74, 6) is 0. The van der Waals surface area contributed by atoms with Crippen LogP contribution in [0.1, 0.15) is 16.1 Å². The smallest absolute Gasteiger partial charge is 0.210 e. The number of pyridine rings is 1. The number of carbonyl (C=O) groups is 1. The standard InChI is InChI=1S/C12H12BNO/c1-8-7-11(12(15)13-2)14-10-6-4-3-5-9(8)10/h3-7,13H,1-2H3. The molecule has 0 N–H and O–H groups in total. The fraction of sp³-hybridized carbons (Fsp3) is 0.167. The van der Waals surface area contributed by atoms with E-state index in [1.54, 1.807) is 0 Å². The Labute approximate surface area is 89.6 Å². The maximum Gasteiger partial charge on any atom is 0.210 e. The van der Waals surface area contributed by atoms with Crippen molar-refractivity contribution in [3.8, 4) is 0 Å². The lowest BCUT2D eigenvalue weighted by molar-refractivity contribution is 0.107. The van der Waals surface area contributed by atoms with E-state index >= 15 is 0 Å². The van der Waals surface area contributed by atoms with Gasteiger partial charge in [0.1, 0.15) is 5.68 Å². The molecule has 1 aromatic heterocycles. The van der Waals surface area contributed by atoms with E-state index in [9.17, 15) is 4.79 Å². The lowest BCUT2D eigenvalue weighted by Crippen LogP contribution is -2.08. The van der Waals surface area contributed by atoms with E-state index in [0.717, 1.165) is 16.5 Å². The number of hydrogen-bond donors (Lipinski definition) is 0. The van der Waals surface area contributed by atoms with Crippen molar-refractivity contribution in [2.24, 2.45) is 0 Å². The number of rotatable bonds is 2. The Balaban J connectivity index is 2.67. The summed E-state index contributed by atoms with van der Waals surface area (Å²) in [4.78, 5) is 15.9. The van der Waals surface area contributed by atoms with Crippen molar-refractivity contribution in [3.63, 3.8) is 0 Å². The second-order valence-corrected chi connectivity index (χ2v) is 3.62. The van der Waals surface area contributed by atoms with Crippen LogP contribution < -0.4 is 0 Å². The Hall–Kier alpha value is -1.64. The molecule has 0 atom stereocenters. The first-order valence-corrected chi connectivity index (χ1v) is 5.12. The lowest BCUT2D eigenvalue weighted by Gasteiger charge is -2.04. The van der Waals surface area contributed by atoms with Crippen LogP contribution in [0.25, 0.3) is 10.9 Å². The third-order valence-electron chi connectivity index (χ3n) is 2.53. The third kappa shape index (κ3) is 1.77. The number of nitrogens with zero attached hydrogens (tertiary/aromatic N) is 1. The van der Waals surface area contributed by atoms with Crippen molar-refractivity contribution in [1.82, 2.24) is 4.98 Å². The molecular formula is C12H12BNO. The molecule has 0 aliphatic rings. The molecule has 74 valence electrons. The average molecular weight is 197 g/mol. The van der Waals surface area contributed by atoms with Gasteiger partial charge in [-0.1, -0.05) is 25.0 Å². The second-order valence-electron chi connectivity index (χ2n) is 3.62. The van der Waals surface area contributed by atoms with Crippen LogP contribution in [0.2, 0.25) is 6.82 Å². The van der Waals surface area contributed by atoms with E-state index in [-0.39, 0.29) is 5.68 Å². The largest absolute Gasteiger partial charge is 0.305 e. The highest BCUT2D eigenvalue weighted by Gasteiger charge is 2.08. The molecule has 2 aromatic rings. The zero-order valence-corrected chi connectivity index (χ0v) is 8.95. The van der Waals surface area contributed by atoms with Crippen molar-refractivity contribution in [2.75, 3.05) is 0 Å². The number of benzene rings is 1. The van der Waals surface area contributed by atoms with E-state index in [2.05, 4.69) is 4.98 Å². The Morgan fingerprint density at radius 3 is 2.80 bits per heavy atom. The van der Waals surface area contributed by atoms with Crippen LogP contribution in [-0.2, 0) is 0 Å². The van der Waals surface area contributed by atoms with Crippen molar-refractivity contribution < 1.29 is 4.79 Å². The van der Waals surface area contributed by atoms with Crippen LogP contribution in [0.4, 0.5) is 0 Å². The topological polar surface area (TPSA) is 30.0 Å². The van der Waals surface area contributed by atoms with Crippen LogP contribution in [-0.4, -0.2) is 17.9 Å². The SMILES string of the molecule is CBC(=O)c1cc(C)c2ccccc2n1. The van der Waals surface area contributed by atoms with Gasteiger partial charge in [0.15, 0.2) is 0 Å². The number of carbonyl (C=O) groups excluding carboxylic acids is 1. The van der Waals surface area contributed by atoms with Crippen LogP contribution in [0, 0.1) is 6.92 Å². The van der Waals surface area contributed by atoms with Gasteiger partial charge in [-0.25, -0.2) is 4.98 Å². The first kappa shape index (κ1) is 9.90. The molecule has 0 amide bonds. The Morgan fingerprint density at radius 2 is 2.07 bits per heavy atom. The molecule has 1 aromatic carbocycles. The fourth-order valence-electron chi connectivity index (χ4n) is 1.67. The normalized spacial score (nSPS) is 10.3. The molecule has 0 aliphatic carbocycles. The molecule has 0 bridgehead atoms. The summed E-state index contributed by atoms with van der Waals surface area (Å²) >= 11 is 0. The zero-order valence-electron chi connectivity index (χ0n) is 8.95. The number of hydrogen-bond acceptors (Lipinski definition) is 2. The number of aryl methyl sites for hydroxylation is 1. The minimum Gasteiger partial charge on any atom is -0.305 e. The molecule has 0 radical (unpaired) electrons. The maximum atomic E-state index is 11.5. The van der Waals surface area contributed by atoms with E-state index in [0.29, 0.717) is 13.0 Å². The first-order chi connectivity index (χ1) is 7.22. The number of fused-ring (bicyclic) bond motifs is 1. The van der Waals surface area contributed by atoms with Crippen molar-refractivity contribution in [2.45, 2.75) is 13.7 Å². The Bertz CT molecular complexity index is 522. The van der Waals surface area contributed by atoms with Gasteiger partial charge in [0.2, 0.25) is 7.28 Å². The summed E-state index contributed by atoms with van der Waals surface area (Å²) in [7, 11) is 0.505. The summed E-state index contributed by atoms with van der Waals surface area (Å²) in [6, 6.07) is 9.76. The molecule has 0 aliphatic heterocycles. The van der Waals surface area contributed by atoms with Gasteiger partial charge in [-0.2, -0.15) is 0 Å². The minimum atomic E-state index is 0.101. The monoisotopic (exact) mass is 197 g/mol. The molecule has 15 heavy (non-hydrogen) atoms. The minimum absolute atomic E-state index is 0.101. The van der Waals surface area contributed by atoms with E-state index in [1.807, 2.05) is 44.1 Å². The van der Waals surface area contributed by atoms with Crippen LogP contribution in [0.5, 0.6) is 0 Å². The molecule has 0 spiro atoms. The van der Waals surface area contributed by atoms with Crippen molar-refractivity contribution >= 4 is 23.9 Å². The molecule has 3 heteroatoms. The first-order valence-electron chi connectivity index (χ1n) is 5.12. The molecule has 0 fully saturated rings. The lowest BCUT2D eigenvalue weighted by atomic mass is 9.75. The molecule has 2 nitrogen and oxygen atoms in total. The highest BCUT2D eigenvalue weighted by atomic mass is 16.1. The highest BCUT2D eigenvalue weighted by molar-refractivity contribution is 6.76. The second kappa shape index (κ2) is 3.85.